The van der Waals surface area contributed by atoms with Crippen LogP contribution in [-0.2, 0) is 11.2 Å². The van der Waals surface area contributed by atoms with Crippen molar-refractivity contribution in [2.75, 3.05) is 6.61 Å². The molecule has 11 heteroatoms. The topological polar surface area (TPSA) is 128 Å². The molecule has 2 N–H and O–H groups in total. The van der Waals surface area contributed by atoms with E-state index in [0.29, 0.717) is 17.5 Å². The van der Waals surface area contributed by atoms with E-state index >= 15 is 0 Å². The molecule has 2 aromatic heterocycles. The molecule has 6 aromatic rings. The number of benzene rings is 4. The summed E-state index contributed by atoms with van der Waals surface area (Å²) in [5.74, 6) is -0.100. The molecule has 1 aliphatic rings. The van der Waals surface area contributed by atoms with Gasteiger partial charge in [-0.15, -0.1) is 5.10 Å². The Bertz CT molecular complexity index is 2010. The number of carbonyl (C=O) groups excluding carboxylic acids is 1. The zero-order chi connectivity index (χ0) is 29.5. The minimum Gasteiger partial charge on any atom is -0.449 e. The summed E-state index contributed by atoms with van der Waals surface area (Å²) in [4.78, 5) is 27.8. The zero-order valence-corrected chi connectivity index (χ0v) is 23.5. The lowest BCUT2D eigenvalue weighted by Crippen LogP contribution is -2.45. The van der Waals surface area contributed by atoms with Gasteiger partial charge in [-0.3, -0.25) is 10.1 Å². The standard InChI is InChI=1S/C32H24N6O4S/c39-32(42-18-26-24-10-3-1-8-22(24)23-9-2-4-11-25(23)26)34-29(15-19-17-33-27-12-6-5-7-21(19)27)31(43)37-30-16-20(38(40)41)13-14-28(30)35-36-37/h1-14,16-17,26,29,33H,15,18H2,(H,34,39)/t29-/m1/s1. The van der Waals surface area contributed by atoms with Crippen LogP contribution < -0.4 is 5.32 Å². The third kappa shape index (κ3) is 4.79. The Hall–Kier alpha value is -5.42. The average molecular weight is 589 g/mol. The van der Waals surface area contributed by atoms with Gasteiger partial charge in [-0.05, 0) is 39.9 Å². The van der Waals surface area contributed by atoms with Crippen molar-refractivity contribution in [3.05, 3.63) is 124 Å². The minimum atomic E-state index is -0.742. The van der Waals surface area contributed by atoms with Gasteiger partial charge in [0.25, 0.3) is 5.69 Å². The van der Waals surface area contributed by atoms with Crippen LogP contribution >= 0.6 is 12.2 Å². The summed E-state index contributed by atoms with van der Waals surface area (Å²) in [7, 11) is 0. The van der Waals surface area contributed by atoms with Gasteiger partial charge < -0.3 is 15.0 Å². The molecule has 0 bridgehead atoms. The number of non-ortho nitro benzene ring substituents is 1. The predicted octanol–water partition coefficient (Wildman–Crippen LogP) is 6.15. The fourth-order valence-electron chi connectivity index (χ4n) is 5.83. The first-order chi connectivity index (χ1) is 21.0. The highest BCUT2D eigenvalue weighted by atomic mass is 32.1. The molecule has 1 amide bonds. The summed E-state index contributed by atoms with van der Waals surface area (Å²) in [5, 5.41) is 23.7. The van der Waals surface area contributed by atoms with Crippen molar-refractivity contribution in [2.24, 2.45) is 0 Å². The van der Waals surface area contributed by atoms with Crippen LogP contribution in [0, 0.1) is 10.1 Å². The van der Waals surface area contributed by atoms with Crippen LogP contribution in [0.4, 0.5) is 10.5 Å². The molecule has 7 rings (SSSR count). The number of hydrogen-bond donors (Lipinski definition) is 2. The first kappa shape index (κ1) is 26.5. The number of thiocarbonyl (C=S) groups is 1. The molecular formula is C32H24N6O4S. The number of H-pyrrole nitrogens is 1. The van der Waals surface area contributed by atoms with Gasteiger partial charge in [-0.1, -0.05) is 84.2 Å². The Balaban J connectivity index is 1.17. The third-order valence-electron chi connectivity index (χ3n) is 7.88. The molecule has 0 aliphatic heterocycles. The molecule has 4 aromatic carbocycles. The fraction of sp³-hybridized carbons (Fsp3) is 0.125. The number of alkyl carbamates (subject to hydrolysis) is 1. The number of nitro groups is 1. The van der Waals surface area contributed by atoms with Crippen LogP contribution in [-0.4, -0.2) is 48.6 Å². The lowest BCUT2D eigenvalue weighted by Gasteiger charge is -2.21. The molecule has 1 atom stereocenters. The Kier molecular flexibility index (Phi) is 6.63. The largest absolute Gasteiger partial charge is 0.449 e. The van der Waals surface area contributed by atoms with Crippen molar-refractivity contribution >= 4 is 50.9 Å². The number of nitrogens with zero attached hydrogens (tertiary/aromatic N) is 4. The Morgan fingerprint density at radius 3 is 2.47 bits per heavy atom. The van der Waals surface area contributed by atoms with Crippen molar-refractivity contribution in [2.45, 2.75) is 18.4 Å². The number of hydrogen-bond acceptors (Lipinski definition) is 7. The summed E-state index contributed by atoms with van der Waals surface area (Å²) < 4.78 is 7.19. The van der Waals surface area contributed by atoms with Crippen LogP contribution in [0.1, 0.15) is 22.6 Å². The first-order valence-electron chi connectivity index (χ1n) is 13.7. The molecule has 0 radical (unpaired) electrons. The van der Waals surface area contributed by atoms with Gasteiger partial charge in [0.2, 0.25) is 0 Å². The van der Waals surface area contributed by atoms with E-state index < -0.39 is 17.1 Å². The minimum absolute atomic E-state index is 0.100. The molecule has 0 spiro atoms. The van der Waals surface area contributed by atoms with Gasteiger partial charge in [0.05, 0.1) is 11.0 Å². The van der Waals surface area contributed by atoms with Crippen molar-refractivity contribution in [1.29, 1.82) is 0 Å². The summed E-state index contributed by atoms with van der Waals surface area (Å²) in [5.41, 5.74) is 7.07. The number of para-hydroxylation sites is 1. The number of aromatic nitrogens is 4. The second-order valence-corrected chi connectivity index (χ2v) is 10.8. The molecular weight excluding hydrogens is 564 g/mol. The van der Waals surface area contributed by atoms with E-state index in [4.69, 9.17) is 17.0 Å². The summed E-state index contributed by atoms with van der Waals surface area (Å²) in [6, 6.07) is 27.6. The van der Waals surface area contributed by atoms with E-state index in [1.165, 1.54) is 22.9 Å². The van der Waals surface area contributed by atoms with E-state index in [2.05, 4.69) is 44.9 Å². The van der Waals surface area contributed by atoms with E-state index in [9.17, 15) is 14.9 Å². The predicted molar refractivity (Wildman–Crippen MR) is 166 cm³/mol. The highest BCUT2D eigenvalue weighted by Gasteiger charge is 2.30. The smallest absolute Gasteiger partial charge is 0.407 e. The first-order valence-corrected chi connectivity index (χ1v) is 14.1. The third-order valence-corrected chi connectivity index (χ3v) is 8.34. The molecule has 0 saturated heterocycles. The molecule has 1 aliphatic carbocycles. The normalized spacial score (nSPS) is 13.0. The Morgan fingerprint density at radius 1 is 1.02 bits per heavy atom. The summed E-state index contributed by atoms with van der Waals surface area (Å²) in [6.07, 6.45) is 1.57. The van der Waals surface area contributed by atoms with Gasteiger partial charge in [0.15, 0.2) is 0 Å². The average Bonchev–Trinajstić information content (AvgIpc) is 3.73. The fourth-order valence-corrected chi connectivity index (χ4v) is 6.11. The number of nitrogens with one attached hydrogen (secondary N) is 2. The lowest BCUT2D eigenvalue weighted by atomic mass is 9.98. The van der Waals surface area contributed by atoms with Crippen molar-refractivity contribution in [3.8, 4) is 11.1 Å². The van der Waals surface area contributed by atoms with E-state index in [1.807, 2.05) is 54.7 Å². The van der Waals surface area contributed by atoms with Crippen LogP contribution in [0.3, 0.4) is 0 Å². The van der Waals surface area contributed by atoms with Gasteiger partial charge in [0.1, 0.15) is 22.6 Å². The second kappa shape index (κ2) is 10.8. The SMILES string of the molecule is O=C(N[C@H](Cc1c[nH]c2ccccc12)C(=S)n1nnc2ccc([N+](=O)[O-])cc21)OCC1c2ccccc2-c2ccccc21. The molecule has 0 fully saturated rings. The molecule has 0 unspecified atom stereocenters. The van der Waals surface area contributed by atoms with Crippen LogP contribution in [0.15, 0.2) is 97.2 Å². The number of fused-ring (bicyclic) bond motifs is 5. The van der Waals surface area contributed by atoms with Gasteiger partial charge >= 0.3 is 6.09 Å². The number of nitro benzene ring substituents is 1. The number of rotatable bonds is 7. The molecule has 0 saturated carbocycles. The van der Waals surface area contributed by atoms with E-state index in [1.54, 1.807) is 0 Å². The van der Waals surface area contributed by atoms with Crippen LogP contribution in [0.5, 0.6) is 0 Å². The highest BCUT2D eigenvalue weighted by molar-refractivity contribution is 7.80. The Morgan fingerprint density at radius 2 is 1.72 bits per heavy atom. The summed E-state index contributed by atoms with van der Waals surface area (Å²) >= 11 is 5.85. The quantitative estimate of drug-likeness (QED) is 0.130. The number of aromatic amines is 1. The number of ether oxygens (including phenoxy) is 1. The van der Waals surface area contributed by atoms with Gasteiger partial charge in [-0.2, -0.15) is 0 Å². The van der Waals surface area contributed by atoms with Crippen LogP contribution in [0.2, 0.25) is 0 Å². The lowest BCUT2D eigenvalue weighted by molar-refractivity contribution is -0.384. The Labute approximate surface area is 250 Å². The van der Waals surface area contributed by atoms with E-state index in [-0.39, 0.29) is 23.2 Å². The monoisotopic (exact) mass is 588 g/mol. The molecule has 212 valence electrons. The van der Waals surface area contributed by atoms with Crippen molar-refractivity contribution in [1.82, 2.24) is 25.3 Å². The van der Waals surface area contributed by atoms with Crippen molar-refractivity contribution < 1.29 is 14.5 Å². The highest BCUT2D eigenvalue weighted by Crippen LogP contribution is 2.44. The maximum absolute atomic E-state index is 13.4. The maximum atomic E-state index is 13.4. The van der Waals surface area contributed by atoms with Gasteiger partial charge in [0, 0.05) is 41.6 Å². The second-order valence-electron chi connectivity index (χ2n) is 10.4. The molecule has 2 heterocycles. The maximum Gasteiger partial charge on any atom is 0.407 e. The summed E-state index contributed by atoms with van der Waals surface area (Å²) in [6.45, 7) is 0.144. The van der Waals surface area contributed by atoms with Crippen LogP contribution in [0.25, 0.3) is 33.1 Å². The molecule has 10 nitrogen and oxygen atoms in total. The number of amides is 1. The van der Waals surface area contributed by atoms with E-state index in [0.717, 1.165) is 38.7 Å². The number of carbonyl (C=O) groups is 1. The van der Waals surface area contributed by atoms with Gasteiger partial charge in [-0.25, -0.2) is 9.48 Å². The molecule has 43 heavy (non-hydrogen) atoms. The van der Waals surface area contributed by atoms with Crippen molar-refractivity contribution in [3.63, 3.8) is 0 Å². The zero-order valence-electron chi connectivity index (χ0n) is 22.6.